The first-order valence-electron chi connectivity index (χ1n) is 10.6. The number of unbranched alkanes of at least 4 members (excludes halogenated alkanes) is 1. The molecular weight excluding hydrogens is 368 g/mol. The van der Waals surface area contributed by atoms with E-state index in [0.717, 1.165) is 30.6 Å². The summed E-state index contributed by atoms with van der Waals surface area (Å²) < 4.78 is 12.2. The van der Waals surface area contributed by atoms with Gasteiger partial charge < -0.3 is 19.7 Å². The molecule has 160 valence electrons. The average Bonchev–Trinajstić information content (AvgIpc) is 2.64. The van der Waals surface area contributed by atoms with E-state index in [1.165, 1.54) is 0 Å². The summed E-state index contributed by atoms with van der Waals surface area (Å²) >= 11 is 0. The molecule has 0 aromatic heterocycles. The maximum Gasteiger partial charge on any atom is 0.331 e. The van der Waals surface area contributed by atoms with Crippen LogP contribution in [0.25, 0.3) is 0 Å². The molecule has 5 heteroatoms. The number of rotatable bonds is 7. The van der Waals surface area contributed by atoms with E-state index in [1.807, 2.05) is 12.1 Å². The number of allylic oxidation sites excluding steroid dienone is 1. The van der Waals surface area contributed by atoms with Crippen molar-refractivity contribution in [2.45, 2.75) is 77.2 Å². The third-order valence-corrected chi connectivity index (χ3v) is 6.46. The van der Waals surface area contributed by atoms with E-state index in [4.69, 9.17) is 9.47 Å². The Balaban J connectivity index is 1.95. The van der Waals surface area contributed by atoms with Crippen molar-refractivity contribution in [3.8, 4) is 11.5 Å². The highest BCUT2D eigenvalue weighted by atomic mass is 16.5. The van der Waals surface area contributed by atoms with Crippen LogP contribution < -0.4 is 4.74 Å². The average molecular weight is 403 g/mol. The molecule has 1 aliphatic heterocycles. The molecule has 1 aliphatic carbocycles. The molecule has 0 fully saturated rings. The van der Waals surface area contributed by atoms with Gasteiger partial charge in [0.05, 0.1) is 6.61 Å². The Labute approximate surface area is 173 Å². The Bertz CT molecular complexity index is 806. The van der Waals surface area contributed by atoms with Gasteiger partial charge in [0.15, 0.2) is 0 Å². The van der Waals surface area contributed by atoms with Gasteiger partial charge in [0.2, 0.25) is 0 Å². The minimum absolute atomic E-state index is 0.0668. The second-order valence-electron chi connectivity index (χ2n) is 9.59. The van der Waals surface area contributed by atoms with Crippen LogP contribution in [0.4, 0.5) is 0 Å². The van der Waals surface area contributed by atoms with Gasteiger partial charge in [-0.3, -0.25) is 0 Å². The Kier molecular flexibility index (Phi) is 6.00. The lowest BCUT2D eigenvalue weighted by Gasteiger charge is -2.47. The Morgan fingerprint density at radius 2 is 2.07 bits per heavy atom. The zero-order valence-electron chi connectivity index (χ0n) is 18.2. The van der Waals surface area contributed by atoms with E-state index in [2.05, 4.69) is 34.6 Å². The van der Waals surface area contributed by atoms with Crippen molar-refractivity contribution in [3.05, 3.63) is 34.9 Å². The van der Waals surface area contributed by atoms with E-state index in [9.17, 15) is 15.0 Å². The summed E-state index contributed by atoms with van der Waals surface area (Å²) in [5, 5.41) is 20.4. The van der Waals surface area contributed by atoms with E-state index >= 15 is 0 Å². The summed E-state index contributed by atoms with van der Waals surface area (Å²) in [7, 11) is 0. The number of fused-ring (bicyclic) bond motifs is 3. The SMILES string of the molecule is CCCCOCC(C)(C)c1cc(O)c2c(c1)OC(C)(C)[C@@H]1CC=C(C(=O)O)C[C@@H]21. The molecule has 0 amide bonds. The molecule has 0 unspecified atom stereocenters. The second-order valence-corrected chi connectivity index (χ2v) is 9.59. The zero-order valence-corrected chi connectivity index (χ0v) is 18.2. The van der Waals surface area contributed by atoms with Crippen molar-refractivity contribution in [2.24, 2.45) is 5.92 Å². The topological polar surface area (TPSA) is 76.0 Å². The van der Waals surface area contributed by atoms with Crippen LogP contribution in [0.15, 0.2) is 23.8 Å². The molecule has 2 aliphatic rings. The smallest absolute Gasteiger partial charge is 0.331 e. The van der Waals surface area contributed by atoms with Gasteiger partial charge in [-0.15, -0.1) is 0 Å². The number of phenolic OH excluding ortho intramolecular Hbond substituents is 1. The minimum Gasteiger partial charge on any atom is -0.508 e. The normalized spacial score (nSPS) is 22.9. The summed E-state index contributed by atoms with van der Waals surface area (Å²) in [5.74, 6) is 0.0367. The van der Waals surface area contributed by atoms with Crippen LogP contribution in [0, 0.1) is 5.92 Å². The third kappa shape index (κ3) is 4.30. The molecule has 3 rings (SSSR count). The lowest BCUT2D eigenvalue weighted by atomic mass is 9.66. The van der Waals surface area contributed by atoms with Crippen LogP contribution in [0.1, 0.15) is 77.3 Å². The maximum atomic E-state index is 11.5. The number of benzene rings is 1. The molecule has 0 spiro atoms. The highest BCUT2D eigenvalue weighted by Crippen LogP contribution is 2.54. The van der Waals surface area contributed by atoms with Gasteiger partial charge in [-0.2, -0.15) is 0 Å². The van der Waals surface area contributed by atoms with Gasteiger partial charge in [-0.25, -0.2) is 4.79 Å². The lowest BCUT2D eigenvalue weighted by molar-refractivity contribution is -0.133. The van der Waals surface area contributed by atoms with Crippen molar-refractivity contribution >= 4 is 5.97 Å². The molecule has 1 heterocycles. The molecule has 2 N–H and O–H groups in total. The summed E-state index contributed by atoms with van der Waals surface area (Å²) in [6, 6.07) is 3.81. The van der Waals surface area contributed by atoms with Crippen LogP contribution in [-0.4, -0.2) is 35.0 Å². The number of aromatic hydroxyl groups is 1. The summed E-state index contributed by atoms with van der Waals surface area (Å²) in [6.45, 7) is 11.7. The lowest BCUT2D eigenvalue weighted by Crippen LogP contribution is -2.46. The van der Waals surface area contributed by atoms with Crippen LogP contribution in [0.2, 0.25) is 0 Å². The number of hydrogen-bond donors (Lipinski definition) is 2. The quantitative estimate of drug-likeness (QED) is 0.616. The first-order valence-corrected chi connectivity index (χ1v) is 10.6. The monoisotopic (exact) mass is 402 g/mol. The van der Waals surface area contributed by atoms with Gasteiger partial charge in [0, 0.05) is 35.0 Å². The highest BCUT2D eigenvalue weighted by molar-refractivity contribution is 5.87. The Morgan fingerprint density at radius 1 is 1.34 bits per heavy atom. The predicted octanol–water partition coefficient (Wildman–Crippen LogP) is 5.16. The number of hydrogen-bond acceptors (Lipinski definition) is 4. The maximum absolute atomic E-state index is 11.5. The van der Waals surface area contributed by atoms with Crippen molar-refractivity contribution in [1.29, 1.82) is 0 Å². The van der Waals surface area contributed by atoms with Crippen molar-refractivity contribution in [3.63, 3.8) is 0 Å². The van der Waals surface area contributed by atoms with Crippen molar-refractivity contribution < 1.29 is 24.5 Å². The number of carboxylic acids is 1. The van der Waals surface area contributed by atoms with Crippen molar-refractivity contribution in [2.75, 3.05) is 13.2 Å². The molecular formula is C24H34O5. The molecule has 1 aromatic carbocycles. The van der Waals surface area contributed by atoms with Crippen molar-refractivity contribution in [1.82, 2.24) is 0 Å². The van der Waals surface area contributed by atoms with Gasteiger partial charge in [0.25, 0.3) is 0 Å². The highest BCUT2D eigenvalue weighted by Gasteiger charge is 2.47. The zero-order chi connectivity index (χ0) is 21.4. The molecule has 0 saturated heterocycles. The molecule has 0 bridgehead atoms. The Hall–Kier alpha value is -2.01. The summed E-state index contributed by atoms with van der Waals surface area (Å²) in [4.78, 5) is 11.5. The van der Waals surface area contributed by atoms with E-state index in [1.54, 1.807) is 6.07 Å². The van der Waals surface area contributed by atoms with E-state index in [-0.39, 0.29) is 23.0 Å². The number of carboxylic acid groups (broad SMARTS) is 1. The minimum atomic E-state index is -0.879. The Morgan fingerprint density at radius 3 is 2.72 bits per heavy atom. The third-order valence-electron chi connectivity index (χ3n) is 6.46. The first kappa shape index (κ1) is 21.7. The fourth-order valence-corrected chi connectivity index (χ4v) is 4.62. The number of ether oxygens (including phenoxy) is 2. The standard InChI is InChI=1S/C24H34O5/c1-6-7-10-28-14-23(2,3)16-12-19(25)21-17-11-15(22(26)27)8-9-18(17)24(4,5)29-20(21)13-16/h8,12-13,17-18,25H,6-7,9-11,14H2,1-5H3,(H,26,27)/t17-,18-/m1/s1. The summed E-state index contributed by atoms with van der Waals surface area (Å²) in [5.41, 5.74) is 1.41. The molecule has 5 nitrogen and oxygen atoms in total. The van der Waals surface area contributed by atoms with Crippen LogP contribution >= 0.6 is 0 Å². The molecule has 0 saturated carbocycles. The van der Waals surface area contributed by atoms with Crippen LogP contribution in [0.3, 0.4) is 0 Å². The number of phenols is 1. The van der Waals surface area contributed by atoms with Gasteiger partial charge in [0.1, 0.15) is 17.1 Å². The first-order chi connectivity index (χ1) is 13.6. The fraction of sp³-hybridized carbons (Fsp3) is 0.625. The van der Waals surface area contributed by atoms with Gasteiger partial charge >= 0.3 is 5.97 Å². The number of aliphatic carboxylic acids is 1. The van der Waals surface area contributed by atoms with Crippen LogP contribution in [-0.2, 0) is 14.9 Å². The summed E-state index contributed by atoms with van der Waals surface area (Å²) in [6.07, 6.45) is 4.98. The molecule has 1 aromatic rings. The fourth-order valence-electron chi connectivity index (χ4n) is 4.62. The van der Waals surface area contributed by atoms with Gasteiger partial charge in [-0.05, 0) is 50.8 Å². The second kappa shape index (κ2) is 8.02. The van der Waals surface area contributed by atoms with E-state index < -0.39 is 11.6 Å². The largest absolute Gasteiger partial charge is 0.508 e. The predicted molar refractivity (Wildman–Crippen MR) is 113 cm³/mol. The molecule has 29 heavy (non-hydrogen) atoms. The van der Waals surface area contributed by atoms with Gasteiger partial charge in [-0.1, -0.05) is 33.3 Å². The van der Waals surface area contributed by atoms with E-state index in [0.29, 0.717) is 30.8 Å². The number of carbonyl (C=O) groups is 1. The molecule has 2 atom stereocenters. The molecule has 0 radical (unpaired) electrons. The van der Waals surface area contributed by atoms with Crippen LogP contribution in [0.5, 0.6) is 11.5 Å².